The van der Waals surface area contributed by atoms with Crippen molar-refractivity contribution in [1.29, 1.82) is 0 Å². The van der Waals surface area contributed by atoms with Crippen LogP contribution in [0.5, 0.6) is 0 Å². The molecule has 96 valence electrons. The van der Waals surface area contributed by atoms with Crippen molar-refractivity contribution in [1.82, 2.24) is 0 Å². The molecule has 0 bridgehead atoms. The van der Waals surface area contributed by atoms with Gasteiger partial charge in [-0.15, -0.1) is 0 Å². The van der Waals surface area contributed by atoms with E-state index in [2.05, 4.69) is 20.8 Å². The van der Waals surface area contributed by atoms with Gasteiger partial charge in [0.2, 0.25) is 6.29 Å². The van der Waals surface area contributed by atoms with Gasteiger partial charge in [0, 0.05) is 6.08 Å². The molecule has 3 nitrogen and oxygen atoms in total. The summed E-state index contributed by atoms with van der Waals surface area (Å²) in [4.78, 5) is 11.0. The quantitative estimate of drug-likeness (QED) is 0.709. The Morgan fingerprint density at radius 3 is 2.76 bits per heavy atom. The third-order valence-corrected chi connectivity index (χ3v) is 3.88. The minimum atomic E-state index is -0.456. The van der Waals surface area contributed by atoms with Gasteiger partial charge in [0.25, 0.3) is 0 Å². The largest absolute Gasteiger partial charge is 0.429 e. The number of carbonyl (C=O) groups is 1. The highest BCUT2D eigenvalue weighted by Gasteiger charge is 2.34. The number of cyclic esters (lactones) is 1. The second kappa shape index (κ2) is 5.21. The van der Waals surface area contributed by atoms with Crippen molar-refractivity contribution in [2.75, 3.05) is 0 Å². The van der Waals surface area contributed by atoms with E-state index in [1.54, 1.807) is 6.08 Å². The van der Waals surface area contributed by atoms with Crippen LogP contribution in [0.25, 0.3) is 0 Å². The lowest BCUT2D eigenvalue weighted by molar-refractivity contribution is -0.177. The van der Waals surface area contributed by atoms with Gasteiger partial charge in [-0.1, -0.05) is 20.8 Å². The van der Waals surface area contributed by atoms with E-state index in [4.69, 9.17) is 9.47 Å². The summed E-state index contributed by atoms with van der Waals surface area (Å²) in [5.41, 5.74) is 0. The van der Waals surface area contributed by atoms with Crippen LogP contribution in [-0.4, -0.2) is 18.4 Å². The molecule has 1 heterocycles. The van der Waals surface area contributed by atoms with Crippen LogP contribution in [0.15, 0.2) is 12.2 Å². The number of ether oxygens (including phenoxy) is 2. The SMILES string of the molecule is CC(C)[C@H]1C[C@H](C)CC[C@H]1O[C@H]1C=CC(=O)O1. The van der Waals surface area contributed by atoms with Crippen molar-refractivity contribution < 1.29 is 14.3 Å². The Morgan fingerprint density at radius 1 is 1.41 bits per heavy atom. The highest BCUT2D eigenvalue weighted by molar-refractivity contribution is 5.84. The zero-order chi connectivity index (χ0) is 12.4. The van der Waals surface area contributed by atoms with E-state index >= 15 is 0 Å². The average Bonchev–Trinajstić information content (AvgIpc) is 2.66. The third kappa shape index (κ3) is 3.09. The van der Waals surface area contributed by atoms with Gasteiger partial charge in [-0.25, -0.2) is 4.79 Å². The van der Waals surface area contributed by atoms with Crippen LogP contribution < -0.4 is 0 Å². The first-order chi connectivity index (χ1) is 8.06. The second-order valence-electron chi connectivity index (χ2n) is 5.67. The molecule has 0 saturated heterocycles. The lowest BCUT2D eigenvalue weighted by Gasteiger charge is -2.37. The standard InChI is InChI=1S/C14H22O3/c1-9(2)11-8-10(3)4-5-12(11)16-14-7-6-13(15)17-14/h6-7,9-12,14H,4-5,8H2,1-3H3/t10-,11-,12-,14-/m1/s1. The predicted octanol–water partition coefficient (Wildman–Crippen LogP) is 2.90. The first-order valence-corrected chi connectivity index (χ1v) is 6.60. The summed E-state index contributed by atoms with van der Waals surface area (Å²) >= 11 is 0. The molecule has 0 radical (unpaired) electrons. The Balaban J connectivity index is 1.94. The Kier molecular flexibility index (Phi) is 3.87. The molecule has 0 N–H and O–H groups in total. The van der Waals surface area contributed by atoms with E-state index < -0.39 is 6.29 Å². The van der Waals surface area contributed by atoms with Gasteiger partial charge in [0.15, 0.2) is 0 Å². The van der Waals surface area contributed by atoms with E-state index in [1.807, 2.05) is 0 Å². The zero-order valence-corrected chi connectivity index (χ0v) is 10.9. The van der Waals surface area contributed by atoms with Gasteiger partial charge >= 0.3 is 5.97 Å². The molecular weight excluding hydrogens is 216 g/mol. The molecule has 0 aromatic heterocycles. The van der Waals surface area contributed by atoms with E-state index in [1.165, 1.54) is 18.9 Å². The van der Waals surface area contributed by atoms with Crippen molar-refractivity contribution in [2.45, 2.75) is 52.4 Å². The van der Waals surface area contributed by atoms with E-state index in [9.17, 15) is 4.79 Å². The van der Waals surface area contributed by atoms with Gasteiger partial charge in [0.1, 0.15) is 0 Å². The average molecular weight is 238 g/mol. The fraction of sp³-hybridized carbons (Fsp3) is 0.786. The summed E-state index contributed by atoms with van der Waals surface area (Å²) in [6.07, 6.45) is 6.42. The lowest BCUT2D eigenvalue weighted by atomic mass is 9.75. The van der Waals surface area contributed by atoms with Gasteiger partial charge in [-0.3, -0.25) is 0 Å². The molecule has 3 heteroatoms. The van der Waals surface area contributed by atoms with Crippen LogP contribution >= 0.6 is 0 Å². The Hall–Kier alpha value is -0.830. The Morgan fingerprint density at radius 2 is 2.18 bits per heavy atom. The van der Waals surface area contributed by atoms with Crippen LogP contribution in [-0.2, 0) is 14.3 Å². The van der Waals surface area contributed by atoms with Crippen LogP contribution in [0.4, 0.5) is 0 Å². The maximum absolute atomic E-state index is 11.0. The smallest absolute Gasteiger partial charge is 0.333 e. The fourth-order valence-corrected chi connectivity index (χ4v) is 2.86. The summed E-state index contributed by atoms with van der Waals surface area (Å²) in [6.45, 7) is 6.80. The first-order valence-electron chi connectivity index (χ1n) is 6.60. The van der Waals surface area contributed by atoms with Crippen LogP contribution in [0, 0.1) is 17.8 Å². The number of hydrogen-bond donors (Lipinski definition) is 0. The second-order valence-corrected chi connectivity index (χ2v) is 5.67. The monoisotopic (exact) mass is 238 g/mol. The molecule has 0 unspecified atom stereocenters. The van der Waals surface area contributed by atoms with E-state index in [0.717, 1.165) is 12.3 Å². The highest BCUT2D eigenvalue weighted by Crippen LogP contribution is 2.36. The molecular formula is C14H22O3. The number of hydrogen-bond acceptors (Lipinski definition) is 3. The van der Waals surface area contributed by atoms with Crippen LogP contribution in [0.2, 0.25) is 0 Å². The topological polar surface area (TPSA) is 35.5 Å². The molecule has 1 aliphatic carbocycles. The third-order valence-electron chi connectivity index (χ3n) is 3.88. The summed E-state index contributed by atoms with van der Waals surface area (Å²) < 4.78 is 11.0. The van der Waals surface area contributed by atoms with Crippen molar-refractivity contribution in [3.63, 3.8) is 0 Å². The number of carbonyl (C=O) groups excluding carboxylic acids is 1. The molecule has 1 saturated carbocycles. The molecule has 0 spiro atoms. The van der Waals surface area contributed by atoms with Crippen molar-refractivity contribution >= 4 is 5.97 Å². The normalized spacial score (nSPS) is 37.5. The van der Waals surface area contributed by atoms with Gasteiger partial charge in [0.05, 0.1) is 6.10 Å². The van der Waals surface area contributed by atoms with Gasteiger partial charge in [-0.05, 0) is 43.1 Å². The van der Waals surface area contributed by atoms with Crippen LogP contribution in [0.1, 0.15) is 40.0 Å². The zero-order valence-electron chi connectivity index (χ0n) is 10.9. The van der Waals surface area contributed by atoms with E-state index in [-0.39, 0.29) is 12.1 Å². The molecule has 17 heavy (non-hydrogen) atoms. The summed E-state index contributed by atoms with van der Waals surface area (Å²) in [7, 11) is 0. The van der Waals surface area contributed by atoms with Crippen molar-refractivity contribution in [3.05, 3.63) is 12.2 Å². The fourth-order valence-electron chi connectivity index (χ4n) is 2.86. The maximum Gasteiger partial charge on any atom is 0.333 e. The molecule has 0 aromatic carbocycles. The molecule has 2 aliphatic rings. The number of rotatable bonds is 3. The lowest BCUT2D eigenvalue weighted by Crippen LogP contribution is -2.36. The Labute approximate surface area is 103 Å². The molecule has 2 rings (SSSR count). The Bertz CT molecular complexity index is 309. The molecule has 4 atom stereocenters. The summed E-state index contributed by atoms with van der Waals surface area (Å²) in [5.74, 6) is 1.68. The molecule has 1 fully saturated rings. The minimum absolute atomic E-state index is 0.228. The van der Waals surface area contributed by atoms with Crippen molar-refractivity contribution in [3.8, 4) is 0 Å². The number of esters is 1. The summed E-state index contributed by atoms with van der Waals surface area (Å²) in [6, 6.07) is 0. The van der Waals surface area contributed by atoms with Crippen molar-refractivity contribution in [2.24, 2.45) is 17.8 Å². The van der Waals surface area contributed by atoms with Gasteiger partial charge < -0.3 is 9.47 Å². The van der Waals surface area contributed by atoms with Gasteiger partial charge in [-0.2, -0.15) is 0 Å². The van der Waals surface area contributed by atoms with E-state index in [0.29, 0.717) is 11.8 Å². The maximum atomic E-state index is 11.0. The molecule has 0 aromatic rings. The highest BCUT2D eigenvalue weighted by atomic mass is 16.7. The first kappa shape index (κ1) is 12.6. The predicted molar refractivity (Wildman–Crippen MR) is 65.2 cm³/mol. The molecule has 0 amide bonds. The molecule has 1 aliphatic heterocycles. The summed E-state index contributed by atoms with van der Waals surface area (Å²) in [5, 5.41) is 0. The minimum Gasteiger partial charge on any atom is -0.429 e. The van der Waals surface area contributed by atoms with Crippen LogP contribution in [0.3, 0.4) is 0 Å².